The van der Waals surface area contributed by atoms with Crippen molar-refractivity contribution < 1.29 is 0 Å². The van der Waals surface area contributed by atoms with Crippen molar-refractivity contribution in [2.75, 3.05) is 7.05 Å². The van der Waals surface area contributed by atoms with E-state index in [1.807, 2.05) is 0 Å². The number of nitrogens with one attached hydrogen (secondary N) is 1. The first-order valence-corrected chi connectivity index (χ1v) is 6.00. The second-order valence-corrected chi connectivity index (χ2v) is 4.86. The number of hydrogen-bond acceptors (Lipinski definition) is 2. The molecule has 0 fully saturated rings. The van der Waals surface area contributed by atoms with Gasteiger partial charge in [0.2, 0.25) is 0 Å². The van der Waals surface area contributed by atoms with Gasteiger partial charge >= 0.3 is 0 Å². The topological polar surface area (TPSA) is 53.1 Å². The van der Waals surface area contributed by atoms with Gasteiger partial charge in [0.15, 0.2) is 0 Å². The van der Waals surface area contributed by atoms with E-state index in [-0.39, 0.29) is 5.84 Å². The van der Waals surface area contributed by atoms with Crippen LogP contribution < -0.4 is 5.73 Å². The summed E-state index contributed by atoms with van der Waals surface area (Å²) >= 11 is 0. The first kappa shape index (κ1) is 13.7. The van der Waals surface area contributed by atoms with Crippen LogP contribution in [0.1, 0.15) is 30.0 Å². The Bertz CT molecular complexity index is 378. The monoisotopic (exact) mass is 233 g/mol. The van der Waals surface area contributed by atoms with Gasteiger partial charge in [0, 0.05) is 19.0 Å². The van der Waals surface area contributed by atoms with Crippen LogP contribution >= 0.6 is 0 Å². The average molecular weight is 233 g/mol. The highest BCUT2D eigenvalue weighted by Crippen LogP contribution is 2.16. The number of aryl methyl sites for hydroxylation is 2. The van der Waals surface area contributed by atoms with E-state index < -0.39 is 0 Å². The number of amidine groups is 1. The van der Waals surface area contributed by atoms with Crippen LogP contribution in [0.4, 0.5) is 0 Å². The van der Waals surface area contributed by atoms with Crippen LogP contribution in [0.25, 0.3) is 0 Å². The molecule has 17 heavy (non-hydrogen) atoms. The van der Waals surface area contributed by atoms with Crippen molar-refractivity contribution in [3.05, 3.63) is 34.9 Å². The quantitative estimate of drug-likeness (QED) is 0.606. The molecular weight excluding hydrogens is 210 g/mol. The number of hydrogen-bond donors (Lipinski definition) is 2. The maximum Gasteiger partial charge on any atom is 0.0920 e. The van der Waals surface area contributed by atoms with Crippen molar-refractivity contribution in [2.45, 2.75) is 39.8 Å². The Morgan fingerprint density at radius 1 is 1.35 bits per heavy atom. The van der Waals surface area contributed by atoms with Gasteiger partial charge in [0.25, 0.3) is 0 Å². The zero-order chi connectivity index (χ0) is 13.0. The Kier molecular flexibility index (Phi) is 4.70. The maximum atomic E-state index is 7.33. The molecule has 0 heterocycles. The molecular formula is C14H23N3. The third-order valence-electron chi connectivity index (χ3n) is 3.32. The highest BCUT2D eigenvalue weighted by atomic mass is 15.1. The van der Waals surface area contributed by atoms with Crippen LogP contribution in [0, 0.1) is 19.3 Å². The molecule has 0 saturated heterocycles. The summed E-state index contributed by atoms with van der Waals surface area (Å²) in [5, 5.41) is 7.33. The molecule has 0 spiro atoms. The fourth-order valence-electron chi connectivity index (χ4n) is 1.98. The summed E-state index contributed by atoms with van der Waals surface area (Å²) in [6.45, 7) is 7.31. The van der Waals surface area contributed by atoms with Crippen LogP contribution in [-0.2, 0) is 6.54 Å². The molecule has 3 heteroatoms. The Balaban J connectivity index is 2.74. The van der Waals surface area contributed by atoms with Crippen LogP contribution in [-0.4, -0.2) is 23.8 Å². The molecule has 3 N–H and O–H groups in total. The molecule has 0 saturated carbocycles. The molecule has 1 aromatic carbocycles. The second-order valence-electron chi connectivity index (χ2n) is 4.86. The van der Waals surface area contributed by atoms with Gasteiger partial charge in [0.1, 0.15) is 0 Å². The van der Waals surface area contributed by atoms with Crippen LogP contribution in [0.2, 0.25) is 0 Å². The first-order valence-electron chi connectivity index (χ1n) is 6.00. The zero-order valence-corrected chi connectivity index (χ0v) is 11.2. The summed E-state index contributed by atoms with van der Waals surface area (Å²) < 4.78 is 0. The van der Waals surface area contributed by atoms with E-state index in [9.17, 15) is 0 Å². The minimum Gasteiger partial charge on any atom is -0.388 e. The van der Waals surface area contributed by atoms with Gasteiger partial charge in [-0.3, -0.25) is 10.3 Å². The molecule has 0 aliphatic rings. The van der Waals surface area contributed by atoms with E-state index in [4.69, 9.17) is 11.1 Å². The lowest BCUT2D eigenvalue weighted by atomic mass is 10.0. The zero-order valence-electron chi connectivity index (χ0n) is 11.2. The number of benzene rings is 1. The molecule has 0 amide bonds. The summed E-state index contributed by atoms with van der Waals surface area (Å²) in [6, 6.07) is 6.68. The smallest absolute Gasteiger partial charge is 0.0920 e. The molecule has 1 rings (SSSR count). The number of nitrogens with zero attached hydrogens (tertiary/aromatic N) is 1. The van der Waals surface area contributed by atoms with E-state index >= 15 is 0 Å². The average Bonchev–Trinajstić information content (AvgIpc) is 2.22. The third kappa shape index (κ3) is 3.86. The van der Waals surface area contributed by atoms with Gasteiger partial charge in [-0.25, -0.2) is 0 Å². The normalized spacial score (nSPS) is 12.8. The molecule has 1 atom stereocenters. The van der Waals surface area contributed by atoms with Crippen molar-refractivity contribution >= 4 is 5.84 Å². The van der Waals surface area contributed by atoms with Gasteiger partial charge < -0.3 is 5.73 Å². The van der Waals surface area contributed by atoms with Crippen molar-refractivity contribution in [2.24, 2.45) is 5.73 Å². The Morgan fingerprint density at radius 3 is 2.35 bits per heavy atom. The first-order chi connectivity index (χ1) is 7.91. The van der Waals surface area contributed by atoms with Crippen LogP contribution in [0.3, 0.4) is 0 Å². The third-order valence-corrected chi connectivity index (χ3v) is 3.32. The lowest BCUT2D eigenvalue weighted by Crippen LogP contribution is -2.32. The summed E-state index contributed by atoms with van der Waals surface area (Å²) in [4.78, 5) is 2.25. The van der Waals surface area contributed by atoms with E-state index in [1.54, 1.807) is 0 Å². The van der Waals surface area contributed by atoms with E-state index in [0.29, 0.717) is 12.5 Å². The highest BCUT2D eigenvalue weighted by Gasteiger charge is 2.12. The SMILES string of the molecule is Cc1cccc(C)c1CN(C)C(C)CC(=N)N. The maximum absolute atomic E-state index is 7.33. The molecule has 0 aliphatic carbocycles. The van der Waals surface area contributed by atoms with Crippen molar-refractivity contribution in [1.82, 2.24) is 4.90 Å². The molecule has 1 unspecified atom stereocenters. The Hall–Kier alpha value is -1.35. The van der Waals surface area contributed by atoms with Crippen molar-refractivity contribution in [3.8, 4) is 0 Å². The fourth-order valence-corrected chi connectivity index (χ4v) is 1.98. The van der Waals surface area contributed by atoms with Gasteiger partial charge in [0.05, 0.1) is 5.84 Å². The predicted molar refractivity (Wildman–Crippen MR) is 73.4 cm³/mol. The second kappa shape index (κ2) is 5.82. The minimum absolute atomic E-state index is 0.255. The van der Waals surface area contributed by atoms with E-state index in [1.165, 1.54) is 16.7 Å². The molecule has 1 aromatic rings. The number of nitrogens with two attached hydrogens (primary N) is 1. The molecule has 0 bridgehead atoms. The van der Waals surface area contributed by atoms with Crippen LogP contribution in [0.5, 0.6) is 0 Å². The molecule has 94 valence electrons. The summed E-state index contributed by atoms with van der Waals surface area (Å²) in [6.07, 6.45) is 0.626. The summed E-state index contributed by atoms with van der Waals surface area (Å²) in [7, 11) is 2.08. The van der Waals surface area contributed by atoms with Gasteiger partial charge in [-0.15, -0.1) is 0 Å². The lowest BCUT2D eigenvalue weighted by molar-refractivity contribution is 0.253. The van der Waals surface area contributed by atoms with Crippen LogP contribution in [0.15, 0.2) is 18.2 Å². The van der Waals surface area contributed by atoms with Gasteiger partial charge in [-0.1, -0.05) is 18.2 Å². The Labute approximate surface area is 104 Å². The summed E-state index contributed by atoms with van der Waals surface area (Å²) in [5.74, 6) is 0.255. The van der Waals surface area contributed by atoms with E-state index in [0.717, 1.165) is 6.54 Å². The van der Waals surface area contributed by atoms with Crippen molar-refractivity contribution in [3.63, 3.8) is 0 Å². The fraction of sp³-hybridized carbons (Fsp3) is 0.500. The number of rotatable bonds is 5. The largest absolute Gasteiger partial charge is 0.388 e. The minimum atomic E-state index is 0.255. The molecule has 0 radical (unpaired) electrons. The van der Waals surface area contributed by atoms with E-state index in [2.05, 4.69) is 50.9 Å². The Morgan fingerprint density at radius 2 is 1.88 bits per heavy atom. The summed E-state index contributed by atoms with van der Waals surface area (Å²) in [5.41, 5.74) is 9.47. The molecule has 3 nitrogen and oxygen atoms in total. The standard InChI is InChI=1S/C14H23N3/c1-10-6-5-7-11(2)13(10)9-17(4)12(3)8-14(15)16/h5-7,12H,8-9H2,1-4H3,(H3,15,16). The van der Waals surface area contributed by atoms with Crippen molar-refractivity contribution in [1.29, 1.82) is 5.41 Å². The molecule has 0 aromatic heterocycles. The highest BCUT2D eigenvalue weighted by molar-refractivity contribution is 5.77. The molecule has 0 aliphatic heterocycles. The van der Waals surface area contributed by atoms with Gasteiger partial charge in [-0.2, -0.15) is 0 Å². The predicted octanol–water partition coefficient (Wildman–Crippen LogP) is 2.45. The lowest BCUT2D eigenvalue weighted by Gasteiger charge is -2.25. The van der Waals surface area contributed by atoms with Gasteiger partial charge in [-0.05, 0) is 44.5 Å².